The maximum absolute atomic E-state index is 2.30. The Morgan fingerprint density at radius 1 is 0.800 bits per heavy atom. The van der Waals surface area contributed by atoms with Crippen molar-refractivity contribution in [2.75, 3.05) is 47.8 Å². The van der Waals surface area contributed by atoms with Gasteiger partial charge in [0.15, 0.2) is 0 Å². The van der Waals surface area contributed by atoms with Crippen LogP contribution >= 0.6 is 0 Å². The lowest BCUT2D eigenvalue weighted by molar-refractivity contribution is -0.888. The van der Waals surface area contributed by atoms with E-state index in [0.717, 1.165) is 15.5 Å². The number of likely N-dealkylation sites (N-methyl/N-ethyl adjacent to an activating group) is 1. The number of rotatable bonds is 6. The highest BCUT2D eigenvalue weighted by Crippen LogP contribution is 2.19. The average Bonchev–Trinajstić information content (AvgIpc) is 2.37. The Morgan fingerprint density at radius 3 is 1.70 bits per heavy atom. The van der Waals surface area contributed by atoms with Crippen molar-refractivity contribution in [1.82, 2.24) is 4.48 Å². The van der Waals surface area contributed by atoms with Gasteiger partial charge in [-0.2, -0.15) is 0 Å². The van der Waals surface area contributed by atoms with Crippen LogP contribution in [-0.2, 0) is 6.42 Å². The largest absolute Gasteiger partial charge is 1.00 e. The second-order valence-corrected chi connectivity index (χ2v) is 6.39. The topological polar surface area (TPSA) is 0 Å². The van der Waals surface area contributed by atoms with Crippen molar-refractivity contribution in [1.29, 1.82) is 0 Å². The molecule has 0 N–H and O–H groups in total. The fraction of sp³-hybridized carbons (Fsp3) is 0.625. The van der Waals surface area contributed by atoms with E-state index in [1.54, 1.807) is 0 Å². The molecular weight excluding hydrogens is 474 g/mol. The molecule has 1 aromatic carbocycles. The van der Waals surface area contributed by atoms with Crippen LogP contribution in [0, 0.1) is 0 Å². The Kier molecular flexibility index (Phi) is 11.0. The third-order valence-electron chi connectivity index (χ3n) is 4.29. The summed E-state index contributed by atoms with van der Waals surface area (Å²) in [4.78, 5) is 0. The Bertz CT molecular complexity index is 373. The van der Waals surface area contributed by atoms with E-state index in [4.69, 9.17) is 0 Å². The molecule has 0 radical (unpaired) electrons. The van der Waals surface area contributed by atoms with Crippen LogP contribution < -0.4 is 52.4 Å². The first-order valence-electron chi connectivity index (χ1n) is 7.05. The summed E-state index contributed by atoms with van der Waals surface area (Å²) in [7, 11) is 9.11. The molecule has 0 saturated heterocycles. The SMILES string of the molecule is CC[N+](C)(C)CCc1ccc([N+](C)(C)CC)cc1.[I-].[I-]. The third-order valence-corrected chi connectivity index (χ3v) is 4.29. The van der Waals surface area contributed by atoms with E-state index in [0.29, 0.717) is 0 Å². The summed E-state index contributed by atoms with van der Waals surface area (Å²) in [6.07, 6.45) is 1.17. The van der Waals surface area contributed by atoms with Crippen LogP contribution in [0.1, 0.15) is 19.4 Å². The van der Waals surface area contributed by atoms with Crippen LogP contribution in [0.5, 0.6) is 0 Å². The molecule has 0 atom stereocenters. The maximum Gasteiger partial charge on any atom is 0.132 e. The smallest absolute Gasteiger partial charge is 0.132 e. The van der Waals surface area contributed by atoms with E-state index in [1.807, 2.05) is 0 Å². The van der Waals surface area contributed by atoms with E-state index >= 15 is 0 Å². The Balaban J connectivity index is 0. The van der Waals surface area contributed by atoms with Gasteiger partial charge in [-0.05, 0) is 31.5 Å². The van der Waals surface area contributed by atoms with Gasteiger partial charge >= 0.3 is 0 Å². The van der Waals surface area contributed by atoms with Gasteiger partial charge in [0.05, 0.1) is 47.8 Å². The van der Waals surface area contributed by atoms with Gasteiger partial charge in [-0.3, -0.25) is 4.48 Å². The zero-order valence-electron chi connectivity index (χ0n) is 13.8. The number of hydrogen-bond acceptors (Lipinski definition) is 0. The van der Waals surface area contributed by atoms with Gasteiger partial charge in [0.2, 0.25) is 0 Å². The van der Waals surface area contributed by atoms with E-state index in [1.165, 1.54) is 30.8 Å². The Labute approximate surface area is 159 Å². The highest BCUT2D eigenvalue weighted by molar-refractivity contribution is 5.43. The first kappa shape index (κ1) is 22.9. The molecule has 1 rings (SSSR count). The first-order valence-corrected chi connectivity index (χ1v) is 7.05. The monoisotopic (exact) mass is 504 g/mol. The molecule has 0 amide bonds. The molecule has 0 unspecified atom stereocenters. The molecular formula is C16H30I2N2. The van der Waals surface area contributed by atoms with Crippen molar-refractivity contribution in [2.45, 2.75) is 20.3 Å². The van der Waals surface area contributed by atoms with E-state index in [-0.39, 0.29) is 48.0 Å². The number of quaternary nitrogens is 2. The van der Waals surface area contributed by atoms with Crippen molar-refractivity contribution in [3.05, 3.63) is 29.8 Å². The summed E-state index contributed by atoms with van der Waals surface area (Å²) in [6.45, 7) is 8.01. The lowest BCUT2D eigenvalue weighted by Crippen LogP contribution is -3.00. The quantitative estimate of drug-likeness (QED) is 0.285. The summed E-state index contributed by atoms with van der Waals surface area (Å²) >= 11 is 0. The minimum atomic E-state index is 0. The second kappa shape index (κ2) is 9.58. The minimum absolute atomic E-state index is 0. The first-order chi connectivity index (χ1) is 8.30. The van der Waals surface area contributed by atoms with Crippen LogP contribution in [-0.4, -0.2) is 52.3 Å². The molecule has 0 aromatic heterocycles. The highest BCUT2D eigenvalue weighted by atomic mass is 127. The minimum Gasteiger partial charge on any atom is -1.00 e. The summed E-state index contributed by atoms with van der Waals surface area (Å²) in [5.74, 6) is 0. The summed E-state index contributed by atoms with van der Waals surface area (Å²) in [5, 5.41) is 0. The summed E-state index contributed by atoms with van der Waals surface area (Å²) < 4.78 is 2.05. The molecule has 0 aliphatic heterocycles. The van der Waals surface area contributed by atoms with Gasteiger partial charge in [-0.1, -0.05) is 12.1 Å². The number of nitrogens with zero attached hydrogens (tertiary/aromatic N) is 2. The number of benzene rings is 1. The van der Waals surface area contributed by atoms with Crippen LogP contribution in [0.2, 0.25) is 0 Å². The molecule has 0 spiro atoms. The van der Waals surface area contributed by atoms with E-state index in [9.17, 15) is 0 Å². The van der Waals surface area contributed by atoms with Gasteiger partial charge in [-0.25, -0.2) is 0 Å². The van der Waals surface area contributed by atoms with Crippen LogP contribution in [0.25, 0.3) is 0 Å². The van der Waals surface area contributed by atoms with Crippen molar-refractivity contribution in [3.63, 3.8) is 0 Å². The molecule has 0 aliphatic carbocycles. The number of hydrogen-bond donors (Lipinski definition) is 0. The molecule has 0 saturated carbocycles. The van der Waals surface area contributed by atoms with Gasteiger partial charge in [0.25, 0.3) is 0 Å². The fourth-order valence-electron chi connectivity index (χ4n) is 1.84. The molecule has 20 heavy (non-hydrogen) atoms. The molecule has 2 nitrogen and oxygen atoms in total. The number of halogens is 2. The van der Waals surface area contributed by atoms with Crippen molar-refractivity contribution >= 4 is 5.69 Å². The zero-order valence-corrected chi connectivity index (χ0v) is 18.1. The van der Waals surface area contributed by atoms with E-state index < -0.39 is 0 Å². The standard InChI is InChI=1S/C16H30N2.2HI/c1-7-17(3,4)14-13-15-9-11-16(12-10-15)18(5,6)8-2;;/h9-12H,7-8,13-14H2,1-6H3;2*1H/q+2;;/p-2. The van der Waals surface area contributed by atoms with Crippen LogP contribution in [0.15, 0.2) is 24.3 Å². The Hall–Kier alpha value is 0.600. The van der Waals surface area contributed by atoms with Crippen LogP contribution in [0.4, 0.5) is 5.69 Å². The second-order valence-electron chi connectivity index (χ2n) is 6.39. The molecule has 0 heterocycles. The molecule has 1 aromatic rings. The van der Waals surface area contributed by atoms with Crippen molar-refractivity contribution in [3.8, 4) is 0 Å². The molecule has 0 bridgehead atoms. The van der Waals surface area contributed by atoms with Crippen molar-refractivity contribution in [2.24, 2.45) is 0 Å². The van der Waals surface area contributed by atoms with Crippen molar-refractivity contribution < 1.29 is 52.4 Å². The Morgan fingerprint density at radius 2 is 1.30 bits per heavy atom. The molecule has 0 aliphatic rings. The lowest BCUT2D eigenvalue weighted by atomic mass is 10.1. The average molecular weight is 504 g/mol. The van der Waals surface area contributed by atoms with Crippen LogP contribution in [0.3, 0.4) is 0 Å². The maximum atomic E-state index is 2.30. The van der Waals surface area contributed by atoms with Gasteiger partial charge in [0, 0.05) is 6.42 Å². The predicted octanol–water partition coefficient (Wildman–Crippen LogP) is -3.08. The fourth-order valence-corrected chi connectivity index (χ4v) is 1.84. The summed E-state index contributed by atoms with van der Waals surface area (Å²) in [6, 6.07) is 9.15. The van der Waals surface area contributed by atoms with Gasteiger partial charge in [-0.15, -0.1) is 0 Å². The predicted molar refractivity (Wildman–Crippen MR) is 81.8 cm³/mol. The third kappa shape index (κ3) is 7.04. The highest BCUT2D eigenvalue weighted by Gasteiger charge is 2.16. The van der Waals surface area contributed by atoms with Gasteiger partial charge < -0.3 is 52.4 Å². The van der Waals surface area contributed by atoms with E-state index in [2.05, 4.69) is 66.3 Å². The normalized spacial score (nSPS) is 11.5. The zero-order chi connectivity index (χ0) is 13.8. The van der Waals surface area contributed by atoms with Gasteiger partial charge in [0.1, 0.15) is 5.69 Å². The molecule has 4 heteroatoms. The molecule has 118 valence electrons. The lowest BCUT2D eigenvalue weighted by Gasteiger charge is -2.29. The summed E-state index contributed by atoms with van der Waals surface area (Å²) in [5.41, 5.74) is 2.85. The molecule has 0 fully saturated rings.